The largest absolute Gasteiger partial charge is 0.337 e. The van der Waals surface area contributed by atoms with E-state index >= 15 is 0 Å². The van der Waals surface area contributed by atoms with Crippen molar-refractivity contribution in [3.05, 3.63) is 35.4 Å². The minimum atomic E-state index is 0.0616. The van der Waals surface area contributed by atoms with E-state index in [2.05, 4.69) is 18.0 Å². The molecule has 2 aliphatic heterocycles. The summed E-state index contributed by atoms with van der Waals surface area (Å²) in [7, 11) is 2.18. The van der Waals surface area contributed by atoms with Gasteiger partial charge in [-0.3, -0.25) is 9.69 Å². The average molecular weight is 283 g/mol. The van der Waals surface area contributed by atoms with Gasteiger partial charge in [0.1, 0.15) is 0 Å². The molecule has 21 heavy (non-hydrogen) atoms. The molecule has 0 aliphatic carbocycles. The maximum absolute atomic E-state index is 12.7. The fourth-order valence-electron chi connectivity index (χ4n) is 3.78. The monoisotopic (exact) mass is 283 g/mol. The fourth-order valence-corrected chi connectivity index (χ4v) is 3.78. The molecule has 2 saturated heterocycles. The van der Waals surface area contributed by atoms with Crippen LogP contribution in [0.5, 0.6) is 0 Å². The lowest BCUT2D eigenvalue weighted by atomic mass is 9.86. The first kappa shape index (κ1) is 14.1. The molecule has 2 aliphatic rings. The van der Waals surface area contributed by atoms with Crippen LogP contribution in [0.1, 0.15) is 41.6 Å². The molecule has 4 nitrogen and oxygen atoms in total. The SMILES string of the molecule is CN1CCCC12CCCN(C(=O)c1cccc(C#N)c1)C2. The zero-order chi connectivity index (χ0) is 14.9. The summed E-state index contributed by atoms with van der Waals surface area (Å²) in [5, 5.41) is 8.97. The van der Waals surface area contributed by atoms with Gasteiger partial charge in [-0.15, -0.1) is 0 Å². The van der Waals surface area contributed by atoms with Crippen molar-refractivity contribution in [2.75, 3.05) is 26.7 Å². The summed E-state index contributed by atoms with van der Waals surface area (Å²) < 4.78 is 0. The Balaban J connectivity index is 1.80. The lowest BCUT2D eigenvalue weighted by Gasteiger charge is -2.44. The van der Waals surface area contributed by atoms with Gasteiger partial charge in [-0.25, -0.2) is 0 Å². The molecule has 2 fully saturated rings. The standard InChI is InChI=1S/C17H21N3O/c1-19-9-3-7-17(19)8-4-10-20(13-17)16(21)15-6-2-5-14(11-15)12-18/h2,5-6,11H,3-4,7-10,13H2,1H3. The van der Waals surface area contributed by atoms with E-state index in [1.807, 2.05) is 11.0 Å². The third-order valence-electron chi connectivity index (χ3n) is 5.03. The first-order chi connectivity index (χ1) is 10.1. The molecule has 1 spiro atoms. The molecule has 1 amide bonds. The van der Waals surface area contributed by atoms with E-state index in [-0.39, 0.29) is 11.4 Å². The predicted molar refractivity (Wildman–Crippen MR) is 80.9 cm³/mol. The second kappa shape index (κ2) is 5.50. The van der Waals surface area contributed by atoms with E-state index in [0.717, 1.165) is 26.1 Å². The summed E-state index contributed by atoms with van der Waals surface area (Å²) in [6.07, 6.45) is 4.66. The highest BCUT2D eigenvalue weighted by atomic mass is 16.2. The zero-order valence-corrected chi connectivity index (χ0v) is 12.5. The van der Waals surface area contributed by atoms with Crippen molar-refractivity contribution < 1.29 is 4.79 Å². The van der Waals surface area contributed by atoms with Gasteiger partial charge in [0.05, 0.1) is 11.6 Å². The van der Waals surface area contributed by atoms with Crippen LogP contribution in [-0.4, -0.2) is 47.9 Å². The van der Waals surface area contributed by atoms with Crippen molar-refractivity contribution in [2.24, 2.45) is 0 Å². The molecule has 1 atom stereocenters. The van der Waals surface area contributed by atoms with Gasteiger partial charge in [0, 0.05) is 24.2 Å². The van der Waals surface area contributed by atoms with Gasteiger partial charge in [-0.05, 0) is 57.5 Å². The number of likely N-dealkylation sites (tertiary alicyclic amines) is 2. The molecule has 3 rings (SSSR count). The molecule has 1 unspecified atom stereocenters. The number of nitriles is 1. The van der Waals surface area contributed by atoms with Crippen LogP contribution in [0.25, 0.3) is 0 Å². The predicted octanol–water partition coefficient (Wildman–Crippen LogP) is 2.26. The van der Waals surface area contributed by atoms with E-state index in [1.54, 1.807) is 18.2 Å². The number of piperidine rings is 1. The highest BCUT2D eigenvalue weighted by Gasteiger charge is 2.43. The Morgan fingerprint density at radius 2 is 2.05 bits per heavy atom. The van der Waals surface area contributed by atoms with Gasteiger partial charge in [-0.1, -0.05) is 6.07 Å². The molecule has 1 aromatic rings. The molecule has 0 bridgehead atoms. The van der Waals surface area contributed by atoms with Crippen molar-refractivity contribution in [1.82, 2.24) is 9.80 Å². The molecule has 0 saturated carbocycles. The Bertz CT molecular complexity index is 592. The van der Waals surface area contributed by atoms with Crippen molar-refractivity contribution in [3.63, 3.8) is 0 Å². The topological polar surface area (TPSA) is 47.3 Å². The van der Waals surface area contributed by atoms with Crippen LogP contribution in [0.4, 0.5) is 0 Å². The van der Waals surface area contributed by atoms with Crippen LogP contribution in [0.3, 0.4) is 0 Å². The summed E-state index contributed by atoms with van der Waals surface area (Å²) in [5.74, 6) is 0.0616. The second-order valence-electron chi connectivity index (χ2n) is 6.27. The van der Waals surface area contributed by atoms with Gasteiger partial charge in [0.25, 0.3) is 5.91 Å². The minimum absolute atomic E-state index is 0.0616. The van der Waals surface area contributed by atoms with E-state index < -0.39 is 0 Å². The first-order valence-electron chi connectivity index (χ1n) is 7.65. The molecule has 2 heterocycles. The smallest absolute Gasteiger partial charge is 0.253 e. The molecule has 0 radical (unpaired) electrons. The molecular formula is C17H21N3O. The number of likely N-dealkylation sites (N-methyl/N-ethyl adjacent to an activating group) is 1. The van der Waals surface area contributed by atoms with Crippen molar-refractivity contribution in [3.8, 4) is 6.07 Å². The molecule has 110 valence electrons. The number of nitrogens with zero attached hydrogens (tertiary/aromatic N) is 3. The highest BCUT2D eigenvalue weighted by Crippen LogP contribution is 2.36. The fraction of sp³-hybridized carbons (Fsp3) is 0.529. The Morgan fingerprint density at radius 3 is 2.76 bits per heavy atom. The van der Waals surface area contributed by atoms with E-state index in [9.17, 15) is 4.79 Å². The van der Waals surface area contributed by atoms with Crippen molar-refractivity contribution in [2.45, 2.75) is 31.2 Å². The summed E-state index contributed by atoms with van der Waals surface area (Å²) >= 11 is 0. The second-order valence-corrected chi connectivity index (χ2v) is 6.27. The maximum atomic E-state index is 12.7. The van der Waals surface area contributed by atoms with Crippen LogP contribution in [0, 0.1) is 11.3 Å². The Hall–Kier alpha value is -1.86. The number of hydrogen-bond acceptors (Lipinski definition) is 3. The number of benzene rings is 1. The number of rotatable bonds is 1. The Morgan fingerprint density at radius 1 is 1.29 bits per heavy atom. The Kier molecular flexibility index (Phi) is 3.69. The Labute approximate surface area is 126 Å². The van der Waals surface area contributed by atoms with Crippen LogP contribution in [-0.2, 0) is 0 Å². The molecule has 4 heteroatoms. The van der Waals surface area contributed by atoms with Crippen molar-refractivity contribution in [1.29, 1.82) is 5.26 Å². The van der Waals surface area contributed by atoms with Gasteiger partial charge in [0.15, 0.2) is 0 Å². The zero-order valence-electron chi connectivity index (χ0n) is 12.5. The van der Waals surface area contributed by atoms with Gasteiger partial charge < -0.3 is 4.90 Å². The molecule has 0 N–H and O–H groups in total. The first-order valence-corrected chi connectivity index (χ1v) is 7.65. The number of carbonyl (C=O) groups is 1. The number of carbonyl (C=O) groups excluding carboxylic acids is 1. The van der Waals surface area contributed by atoms with E-state index in [0.29, 0.717) is 11.1 Å². The van der Waals surface area contributed by atoms with Crippen LogP contribution in [0.15, 0.2) is 24.3 Å². The molecular weight excluding hydrogens is 262 g/mol. The third-order valence-corrected chi connectivity index (χ3v) is 5.03. The normalized spacial score (nSPS) is 26.0. The van der Waals surface area contributed by atoms with E-state index in [1.165, 1.54) is 19.3 Å². The summed E-state index contributed by atoms with van der Waals surface area (Å²) in [4.78, 5) is 17.1. The summed E-state index contributed by atoms with van der Waals surface area (Å²) in [5.41, 5.74) is 1.36. The third kappa shape index (κ3) is 2.54. The lowest BCUT2D eigenvalue weighted by molar-refractivity contribution is 0.0412. The summed E-state index contributed by atoms with van der Waals surface area (Å²) in [6.45, 7) is 2.77. The quantitative estimate of drug-likeness (QED) is 0.794. The number of amides is 1. The number of hydrogen-bond donors (Lipinski definition) is 0. The van der Waals surface area contributed by atoms with Crippen LogP contribution < -0.4 is 0 Å². The van der Waals surface area contributed by atoms with Crippen LogP contribution >= 0.6 is 0 Å². The van der Waals surface area contributed by atoms with Gasteiger partial charge >= 0.3 is 0 Å². The average Bonchev–Trinajstić information content (AvgIpc) is 2.87. The molecule has 1 aromatic carbocycles. The van der Waals surface area contributed by atoms with Gasteiger partial charge in [0.2, 0.25) is 0 Å². The van der Waals surface area contributed by atoms with Crippen LogP contribution in [0.2, 0.25) is 0 Å². The maximum Gasteiger partial charge on any atom is 0.253 e. The van der Waals surface area contributed by atoms with Crippen molar-refractivity contribution >= 4 is 5.91 Å². The summed E-state index contributed by atoms with van der Waals surface area (Å²) in [6, 6.07) is 9.13. The highest BCUT2D eigenvalue weighted by molar-refractivity contribution is 5.94. The lowest BCUT2D eigenvalue weighted by Crippen LogP contribution is -2.55. The minimum Gasteiger partial charge on any atom is -0.337 e. The van der Waals surface area contributed by atoms with Gasteiger partial charge in [-0.2, -0.15) is 5.26 Å². The van der Waals surface area contributed by atoms with E-state index in [4.69, 9.17) is 5.26 Å². The molecule has 0 aromatic heterocycles.